The van der Waals surface area contributed by atoms with E-state index < -0.39 is 17.3 Å². The number of nitrogens with one attached hydrogen (secondary N) is 3. The van der Waals surface area contributed by atoms with Crippen molar-refractivity contribution in [3.05, 3.63) is 82.9 Å². The molecule has 1 atom stereocenters. The number of ether oxygens (including phenoxy) is 1. The molecule has 0 saturated heterocycles. The van der Waals surface area contributed by atoms with Gasteiger partial charge in [0.1, 0.15) is 5.84 Å². The average molecular weight is 476 g/mol. The van der Waals surface area contributed by atoms with E-state index in [2.05, 4.69) is 10.6 Å². The number of rotatable bonds is 10. The van der Waals surface area contributed by atoms with E-state index >= 15 is 0 Å². The Morgan fingerprint density at radius 3 is 2.37 bits per heavy atom. The smallest absolute Gasteiger partial charge is 0.338 e. The van der Waals surface area contributed by atoms with Gasteiger partial charge in [0.05, 0.1) is 13.2 Å². The second kappa shape index (κ2) is 10.9. The van der Waals surface area contributed by atoms with Crippen molar-refractivity contribution < 1.29 is 19.1 Å². The molecule has 0 aromatic heterocycles. The first-order valence-corrected chi connectivity index (χ1v) is 11.1. The number of amides is 1. The molecule has 0 spiro atoms. The highest BCUT2D eigenvalue weighted by Gasteiger charge is 2.47. The molecule has 0 aliphatic carbocycles. The highest BCUT2D eigenvalue weighted by Crippen LogP contribution is 2.29. The van der Waals surface area contributed by atoms with Crippen LogP contribution in [0.3, 0.4) is 0 Å². The third-order valence-corrected chi connectivity index (χ3v) is 5.84. The first-order valence-electron chi connectivity index (χ1n) is 11.1. The number of benzene rings is 3. The number of Topliss-reactive ketones (excluding diaryl/α,β-unsaturated/α-hetero) is 1. The number of nitrogen functional groups attached to an aromatic ring is 1. The molecule has 0 fully saturated rings. The van der Waals surface area contributed by atoms with Crippen LogP contribution in [-0.2, 0) is 26.4 Å². The predicted octanol–water partition coefficient (Wildman–Crippen LogP) is 1.56. The van der Waals surface area contributed by atoms with Gasteiger partial charge in [0.15, 0.2) is 5.78 Å². The Morgan fingerprint density at radius 1 is 1.06 bits per heavy atom. The minimum atomic E-state index is -1.75. The molecule has 3 rings (SSSR count). The van der Waals surface area contributed by atoms with Crippen LogP contribution in [-0.4, -0.2) is 43.7 Å². The number of fused-ring (bicyclic) bond motifs is 1. The number of hydrogen-bond acceptors (Lipinski definition) is 7. The summed E-state index contributed by atoms with van der Waals surface area (Å²) in [5.74, 6) is -1.55. The number of amidine groups is 1. The zero-order valence-corrected chi connectivity index (χ0v) is 19.7. The van der Waals surface area contributed by atoms with E-state index in [-0.39, 0.29) is 24.9 Å². The van der Waals surface area contributed by atoms with Crippen LogP contribution in [0.5, 0.6) is 0 Å². The van der Waals surface area contributed by atoms with Crippen LogP contribution < -0.4 is 22.1 Å². The SMILES string of the molecule is CCOC(=O)C(NC)(C(=O)CN)c1ccc2c(C(=O)NCc3ccc(C(=N)N)cc3)cccc2c1. The number of ketones is 1. The van der Waals surface area contributed by atoms with Gasteiger partial charge in [-0.25, -0.2) is 4.79 Å². The minimum Gasteiger partial charge on any atom is -0.464 e. The molecule has 0 bridgehead atoms. The minimum absolute atomic E-state index is 0.0193. The molecule has 9 nitrogen and oxygen atoms in total. The molecular formula is C26H29N5O4. The van der Waals surface area contributed by atoms with Gasteiger partial charge in [0.2, 0.25) is 5.54 Å². The zero-order valence-electron chi connectivity index (χ0n) is 19.7. The number of nitrogens with two attached hydrogens (primary N) is 2. The summed E-state index contributed by atoms with van der Waals surface area (Å²) < 4.78 is 5.18. The number of carbonyl (C=O) groups excluding carboxylic acids is 3. The van der Waals surface area contributed by atoms with Gasteiger partial charge in [-0.2, -0.15) is 0 Å². The van der Waals surface area contributed by atoms with Crippen molar-refractivity contribution >= 4 is 34.3 Å². The van der Waals surface area contributed by atoms with Crippen LogP contribution in [0, 0.1) is 5.41 Å². The van der Waals surface area contributed by atoms with Crippen molar-refractivity contribution in [1.82, 2.24) is 10.6 Å². The van der Waals surface area contributed by atoms with Gasteiger partial charge in [-0.3, -0.25) is 20.3 Å². The first kappa shape index (κ1) is 25.5. The Morgan fingerprint density at radius 2 is 1.77 bits per heavy atom. The van der Waals surface area contributed by atoms with Crippen molar-refractivity contribution in [2.45, 2.75) is 19.0 Å². The van der Waals surface area contributed by atoms with Gasteiger partial charge in [-0.05, 0) is 48.0 Å². The maximum Gasteiger partial charge on any atom is 0.338 e. The topological polar surface area (TPSA) is 160 Å². The third kappa shape index (κ3) is 5.06. The second-order valence-electron chi connectivity index (χ2n) is 7.88. The number of esters is 1. The molecule has 3 aromatic rings. The Bertz CT molecular complexity index is 1270. The zero-order chi connectivity index (χ0) is 25.6. The number of hydrogen-bond donors (Lipinski definition) is 5. The Hall–Kier alpha value is -4.08. The van der Waals surface area contributed by atoms with Gasteiger partial charge in [-0.15, -0.1) is 0 Å². The van der Waals surface area contributed by atoms with Gasteiger partial charge < -0.3 is 21.5 Å². The van der Waals surface area contributed by atoms with Gasteiger partial charge in [0, 0.05) is 17.7 Å². The lowest BCUT2D eigenvalue weighted by atomic mass is 9.84. The van der Waals surface area contributed by atoms with Crippen LogP contribution in [0.25, 0.3) is 10.8 Å². The standard InChI is InChI=1S/C26H29N5O4/c1-3-35-25(34)26(30-2,22(32)14-27)19-11-12-20-18(13-19)5-4-6-21(20)24(33)31-15-16-7-9-17(10-8-16)23(28)29/h4-13,30H,3,14-15,27H2,1-2H3,(H3,28,29)(H,31,33). The molecule has 0 saturated carbocycles. The largest absolute Gasteiger partial charge is 0.464 e. The van der Waals surface area contributed by atoms with Crippen LogP contribution >= 0.6 is 0 Å². The third-order valence-electron chi connectivity index (χ3n) is 5.84. The van der Waals surface area contributed by atoms with Crippen LogP contribution in [0.4, 0.5) is 0 Å². The van der Waals surface area contributed by atoms with E-state index in [4.69, 9.17) is 21.6 Å². The Labute approximate surface area is 203 Å². The fourth-order valence-electron chi connectivity index (χ4n) is 3.97. The molecule has 0 aliphatic heterocycles. The normalized spacial score (nSPS) is 12.5. The monoisotopic (exact) mass is 475 g/mol. The Kier molecular flexibility index (Phi) is 7.95. The lowest BCUT2D eigenvalue weighted by Gasteiger charge is -2.30. The van der Waals surface area contributed by atoms with E-state index in [0.29, 0.717) is 34.0 Å². The summed E-state index contributed by atoms with van der Waals surface area (Å²) in [5.41, 5.74) is 11.6. The first-order chi connectivity index (χ1) is 16.8. The highest BCUT2D eigenvalue weighted by molar-refractivity contribution is 6.11. The molecule has 7 N–H and O–H groups in total. The Balaban J connectivity index is 1.92. The van der Waals surface area contributed by atoms with Crippen LogP contribution in [0.2, 0.25) is 0 Å². The maximum atomic E-state index is 13.0. The quantitative estimate of drug-likeness (QED) is 0.129. The average Bonchev–Trinajstić information content (AvgIpc) is 2.87. The summed E-state index contributed by atoms with van der Waals surface area (Å²) in [7, 11) is 1.50. The van der Waals surface area contributed by atoms with E-state index in [1.807, 2.05) is 0 Å². The molecule has 0 heterocycles. The van der Waals surface area contributed by atoms with E-state index in [9.17, 15) is 14.4 Å². The predicted molar refractivity (Wildman–Crippen MR) is 134 cm³/mol. The molecule has 3 aromatic carbocycles. The summed E-state index contributed by atoms with van der Waals surface area (Å²) >= 11 is 0. The molecule has 0 aliphatic rings. The maximum absolute atomic E-state index is 13.0. The summed E-state index contributed by atoms with van der Waals surface area (Å²) in [6, 6.07) is 17.3. The summed E-state index contributed by atoms with van der Waals surface area (Å²) in [6.07, 6.45) is 0. The lowest BCUT2D eigenvalue weighted by molar-refractivity contribution is -0.155. The molecule has 1 unspecified atom stereocenters. The van der Waals surface area contributed by atoms with Gasteiger partial charge in [0.25, 0.3) is 5.91 Å². The van der Waals surface area contributed by atoms with Crippen molar-refractivity contribution in [3.63, 3.8) is 0 Å². The number of likely N-dealkylation sites (N-methyl/N-ethyl adjacent to an activating group) is 1. The van der Waals surface area contributed by atoms with Crippen LogP contribution in [0.1, 0.15) is 34.0 Å². The number of carbonyl (C=O) groups is 3. The summed E-state index contributed by atoms with van der Waals surface area (Å²) in [6.45, 7) is 1.71. The fraction of sp³-hybridized carbons (Fsp3) is 0.231. The van der Waals surface area contributed by atoms with Crippen molar-refractivity contribution in [2.75, 3.05) is 20.2 Å². The molecule has 35 heavy (non-hydrogen) atoms. The molecule has 182 valence electrons. The van der Waals surface area contributed by atoms with E-state index in [1.54, 1.807) is 67.6 Å². The molecule has 9 heteroatoms. The van der Waals surface area contributed by atoms with Gasteiger partial charge in [-0.1, -0.05) is 48.5 Å². The molecule has 1 amide bonds. The summed E-state index contributed by atoms with van der Waals surface area (Å²) in [4.78, 5) is 38.6. The van der Waals surface area contributed by atoms with Crippen molar-refractivity contribution in [3.8, 4) is 0 Å². The van der Waals surface area contributed by atoms with Crippen LogP contribution in [0.15, 0.2) is 60.7 Å². The van der Waals surface area contributed by atoms with Crippen molar-refractivity contribution in [1.29, 1.82) is 5.41 Å². The lowest BCUT2D eigenvalue weighted by Crippen LogP contribution is -2.56. The molecular weight excluding hydrogens is 446 g/mol. The molecule has 0 radical (unpaired) electrons. The van der Waals surface area contributed by atoms with E-state index in [0.717, 1.165) is 5.56 Å². The highest BCUT2D eigenvalue weighted by atomic mass is 16.5. The van der Waals surface area contributed by atoms with E-state index in [1.165, 1.54) is 7.05 Å². The fourth-order valence-corrected chi connectivity index (χ4v) is 3.97. The second-order valence-corrected chi connectivity index (χ2v) is 7.88. The summed E-state index contributed by atoms with van der Waals surface area (Å²) in [5, 5.41) is 14.5. The van der Waals surface area contributed by atoms with Crippen molar-refractivity contribution in [2.24, 2.45) is 11.5 Å². The van der Waals surface area contributed by atoms with Gasteiger partial charge >= 0.3 is 5.97 Å².